The molecule has 0 aromatic carbocycles. The summed E-state index contributed by atoms with van der Waals surface area (Å²) in [5, 5.41) is 9.78. The van der Waals surface area contributed by atoms with Gasteiger partial charge in [-0.2, -0.15) is 0 Å². The van der Waals surface area contributed by atoms with E-state index in [1.165, 1.54) is 11.1 Å². The highest BCUT2D eigenvalue weighted by Gasteiger charge is 2.31. The second-order valence-electron chi connectivity index (χ2n) is 5.52. The Kier molecular flexibility index (Phi) is 4.47. The first-order valence-electron chi connectivity index (χ1n) is 6.05. The number of rotatable bonds is 3. The second kappa shape index (κ2) is 5.46. The van der Waals surface area contributed by atoms with Crippen molar-refractivity contribution in [2.24, 2.45) is 5.41 Å². The van der Waals surface area contributed by atoms with E-state index in [9.17, 15) is 9.90 Å². The van der Waals surface area contributed by atoms with Gasteiger partial charge in [-0.05, 0) is 49.3 Å². The van der Waals surface area contributed by atoms with Crippen LogP contribution in [0.5, 0.6) is 0 Å². The van der Waals surface area contributed by atoms with Gasteiger partial charge in [0.15, 0.2) is 0 Å². The largest absolute Gasteiger partial charge is 0.393 e. The molecule has 0 aromatic heterocycles. The van der Waals surface area contributed by atoms with E-state index in [0.717, 1.165) is 24.7 Å². The Labute approximate surface area is 104 Å². The van der Waals surface area contributed by atoms with Crippen LogP contribution in [0.3, 0.4) is 0 Å². The molecule has 1 aliphatic rings. The molecule has 0 bridgehead atoms. The van der Waals surface area contributed by atoms with E-state index < -0.39 is 0 Å². The van der Waals surface area contributed by atoms with E-state index in [1.54, 1.807) is 6.08 Å². The molecule has 1 atom stereocenters. The van der Waals surface area contributed by atoms with Crippen LogP contribution in [-0.2, 0) is 4.79 Å². The van der Waals surface area contributed by atoms with Crippen LogP contribution < -0.4 is 0 Å². The first-order valence-corrected chi connectivity index (χ1v) is 6.05. The van der Waals surface area contributed by atoms with Gasteiger partial charge in [0.05, 0.1) is 6.10 Å². The maximum absolute atomic E-state index is 10.3. The molecule has 0 spiro atoms. The third-order valence-electron chi connectivity index (χ3n) is 3.32. The molecule has 0 unspecified atom stereocenters. The molecule has 1 N–H and O–H groups in total. The van der Waals surface area contributed by atoms with Crippen LogP contribution in [0.4, 0.5) is 0 Å². The summed E-state index contributed by atoms with van der Waals surface area (Å²) in [7, 11) is 0. The number of carbonyl (C=O) groups excluding carboxylic acids is 1. The van der Waals surface area contributed by atoms with Crippen molar-refractivity contribution in [2.75, 3.05) is 0 Å². The Morgan fingerprint density at radius 2 is 2.12 bits per heavy atom. The summed E-state index contributed by atoms with van der Waals surface area (Å²) >= 11 is 0. The van der Waals surface area contributed by atoms with Gasteiger partial charge in [0.25, 0.3) is 0 Å². The van der Waals surface area contributed by atoms with Crippen LogP contribution in [0.1, 0.15) is 40.5 Å². The van der Waals surface area contributed by atoms with Crippen molar-refractivity contribution in [1.82, 2.24) is 0 Å². The predicted molar refractivity (Wildman–Crippen MR) is 70.7 cm³/mol. The SMILES string of the molecule is CC1=C(/C=C/C(C)=C\C=O)C(C)(C)C[C@H](O)C1. The van der Waals surface area contributed by atoms with Crippen molar-refractivity contribution in [3.8, 4) is 0 Å². The quantitative estimate of drug-likeness (QED) is 0.462. The minimum absolute atomic E-state index is 0.000289. The fourth-order valence-electron chi connectivity index (χ4n) is 2.56. The van der Waals surface area contributed by atoms with Crippen molar-refractivity contribution in [1.29, 1.82) is 0 Å². The van der Waals surface area contributed by atoms with Gasteiger partial charge in [0.1, 0.15) is 6.29 Å². The summed E-state index contributed by atoms with van der Waals surface area (Å²) in [5.74, 6) is 0. The van der Waals surface area contributed by atoms with E-state index in [0.29, 0.717) is 0 Å². The molecule has 2 heteroatoms. The smallest absolute Gasteiger partial charge is 0.143 e. The van der Waals surface area contributed by atoms with E-state index in [1.807, 2.05) is 13.0 Å². The molecule has 0 heterocycles. The van der Waals surface area contributed by atoms with Gasteiger partial charge in [-0.1, -0.05) is 31.6 Å². The minimum atomic E-state index is -0.228. The van der Waals surface area contributed by atoms with Crippen LogP contribution in [0.2, 0.25) is 0 Å². The van der Waals surface area contributed by atoms with Gasteiger partial charge in [-0.25, -0.2) is 0 Å². The van der Waals surface area contributed by atoms with Gasteiger partial charge < -0.3 is 5.11 Å². The molecule has 0 aromatic rings. The zero-order valence-electron chi connectivity index (χ0n) is 11.2. The van der Waals surface area contributed by atoms with Crippen molar-refractivity contribution in [2.45, 2.75) is 46.6 Å². The monoisotopic (exact) mass is 234 g/mol. The van der Waals surface area contributed by atoms with Crippen molar-refractivity contribution in [3.05, 3.63) is 34.9 Å². The molecule has 94 valence electrons. The summed E-state index contributed by atoms with van der Waals surface area (Å²) in [4.78, 5) is 10.3. The molecule has 1 rings (SSSR count). The van der Waals surface area contributed by atoms with Crippen LogP contribution in [0, 0.1) is 5.41 Å². The average Bonchev–Trinajstić information content (AvgIpc) is 2.14. The third kappa shape index (κ3) is 3.67. The highest BCUT2D eigenvalue weighted by molar-refractivity contribution is 5.67. The Balaban J connectivity index is 2.98. The van der Waals surface area contributed by atoms with E-state index in [-0.39, 0.29) is 11.5 Å². The van der Waals surface area contributed by atoms with Crippen molar-refractivity contribution in [3.63, 3.8) is 0 Å². The highest BCUT2D eigenvalue weighted by Crippen LogP contribution is 2.40. The van der Waals surface area contributed by atoms with Gasteiger partial charge in [-0.3, -0.25) is 4.79 Å². The summed E-state index contributed by atoms with van der Waals surface area (Å²) in [6.07, 6.45) is 7.71. The maximum atomic E-state index is 10.3. The Bertz CT molecular complexity index is 384. The lowest BCUT2D eigenvalue weighted by atomic mass is 9.71. The first kappa shape index (κ1) is 13.9. The number of carbonyl (C=O) groups is 1. The lowest BCUT2D eigenvalue weighted by Crippen LogP contribution is -2.28. The van der Waals surface area contributed by atoms with Gasteiger partial charge >= 0.3 is 0 Å². The first-order chi connectivity index (χ1) is 7.86. The van der Waals surface area contributed by atoms with Crippen LogP contribution >= 0.6 is 0 Å². The minimum Gasteiger partial charge on any atom is -0.393 e. The lowest BCUT2D eigenvalue weighted by molar-refractivity contribution is -0.104. The predicted octanol–water partition coefficient (Wildman–Crippen LogP) is 3.19. The molecule has 1 aliphatic carbocycles. The van der Waals surface area contributed by atoms with Gasteiger partial charge in [-0.15, -0.1) is 0 Å². The Hall–Kier alpha value is -1.15. The molecule has 17 heavy (non-hydrogen) atoms. The second-order valence-corrected chi connectivity index (χ2v) is 5.52. The number of hydrogen-bond acceptors (Lipinski definition) is 2. The van der Waals surface area contributed by atoms with E-state index >= 15 is 0 Å². The summed E-state index contributed by atoms with van der Waals surface area (Å²) in [5.41, 5.74) is 3.47. The number of aliphatic hydroxyl groups excluding tert-OH is 1. The molecule has 0 fully saturated rings. The average molecular weight is 234 g/mol. The zero-order chi connectivity index (χ0) is 13.1. The van der Waals surface area contributed by atoms with Crippen LogP contribution in [-0.4, -0.2) is 17.5 Å². The fraction of sp³-hybridized carbons (Fsp3) is 0.533. The summed E-state index contributed by atoms with van der Waals surface area (Å²) in [6.45, 7) is 8.28. The van der Waals surface area contributed by atoms with Crippen LogP contribution in [0.25, 0.3) is 0 Å². The maximum Gasteiger partial charge on any atom is 0.143 e. The standard InChI is InChI=1S/C15H22O2/c1-11(7-8-16)5-6-14-12(2)9-13(17)10-15(14,3)4/h5-8,13,17H,9-10H2,1-4H3/b6-5+,11-7-/t13-/m1/s1. The molecular weight excluding hydrogens is 212 g/mol. The number of aliphatic hydroxyl groups is 1. The fourth-order valence-corrected chi connectivity index (χ4v) is 2.56. The molecule has 0 saturated heterocycles. The molecule has 2 nitrogen and oxygen atoms in total. The Morgan fingerprint density at radius 3 is 2.65 bits per heavy atom. The summed E-state index contributed by atoms with van der Waals surface area (Å²) < 4.78 is 0. The summed E-state index contributed by atoms with van der Waals surface area (Å²) in [6, 6.07) is 0. The van der Waals surface area contributed by atoms with E-state index in [4.69, 9.17) is 0 Å². The molecule has 0 radical (unpaired) electrons. The molecule has 0 amide bonds. The number of aldehydes is 1. The lowest BCUT2D eigenvalue weighted by Gasteiger charge is -2.35. The van der Waals surface area contributed by atoms with E-state index in [2.05, 4.69) is 26.8 Å². The molecule has 0 saturated carbocycles. The number of hydrogen-bond donors (Lipinski definition) is 1. The van der Waals surface area contributed by atoms with Crippen molar-refractivity contribution >= 4 is 6.29 Å². The van der Waals surface area contributed by atoms with Crippen LogP contribution in [0.15, 0.2) is 34.9 Å². The topological polar surface area (TPSA) is 37.3 Å². The zero-order valence-corrected chi connectivity index (χ0v) is 11.2. The number of allylic oxidation sites excluding steroid dienone is 5. The Morgan fingerprint density at radius 1 is 1.47 bits per heavy atom. The normalized spacial score (nSPS) is 25.5. The van der Waals surface area contributed by atoms with Gasteiger partial charge in [0, 0.05) is 0 Å². The van der Waals surface area contributed by atoms with Crippen molar-refractivity contribution < 1.29 is 9.90 Å². The highest BCUT2D eigenvalue weighted by atomic mass is 16.3. The molecule has 0 aliphatic heterocycles. The third-order valence-corrected chi connectivity index (χ3v) is 3.32. The van der Waals surface area contributed by atoms with Gasteiger partial charge in [0.2, 0.25) is 0 Å². The molecular formula is C15H22O2.